The molecule has 1 aromatic heterocycles. The number of carboxylic acids is 1. The zero-order chi connectivity index (χ0) is 19.4. The maximum Gasteiger partial charge on any atom is 0.433 e. The van der Waals surface area contributed by atoms with Gasteiger partial charge in [0, 0.05) is 19.3 Å². The monoisotopic (exact) mass is 372 g/mol. The van der Waals surface area contributed by atoms with Crippen molar-refractivity contribution < 1.29 is 23.1 Å². The highest BCUT2D eigenvalue weighted by atomic mass is 19.4. The molecular formula is C16H24BF3N4O2. The van der Waals surface area contributed by atoms with Crippen LogP contribution in [-0.4, -0.2) is 47.5 Å². The molecule has 1 unspecified atom stereocenters. The number of nitrogens with zero attached hydrogens (tertiary/aromatic N) is 3. The molecule has 0 radical (unpaired) electrons. The van der Waals surface area contributed by atoms with Crippen LogP contribution in [0.25, 0.3) is 0 Å². The Balaban J connectivity index is 2.05. The largest absolute Gasteiger partial charge is 0.480 e. The summed E-state index contributed by atoms with van der Waals surface area (Å²) in [7, 11) is 2.03. The highest BCUT2D eigenvalue weighted by Crippen LogP contribution is 2.33. The quantitative estimate of drug-likeness (QED) is 0.559. The third-order valence-electron chi connectivity index (χ3n) is 5.03. The lowest BCUT2D eigenvalue weighted by atomic mass is 9.75. The van der Waals surface area contributed by atoms with Crippen molar-refractivity contribution in [3.8, 4) is 0 Å². The number of hydrogen-bond donors (Lipinski definition) is 2. The molecule has 0 saturated carbocycles. The fourth-order valence-electron chi connectivity index (χ4n) is 3.41. The van der Waals surface area contributed by atoms with Crippen LogP contribution in [0.15, 0.2) is 12.3 Å². The van der Waals surface area contributed by atoms with Crippen molar-refractivity contribution in [3.05, 3.63) is 18.0 Å². The molecule has 1 aliphatic rings. The summed E-state index contributed by atoms with van der Waals surface area (Å²) in [4.78, 5) is 20.9. The Morgan fingerprint density at radius 1 is 1.35 bits per heavy atom. The molecular weight excluding hydrogens is 348 g/mol. The molecule has 1 saturated heterocycles. The molecule has 3 N–H and O–H groups in total. The van der Waals surface area contributed by atoms with Gasteiger partial charge in [0.1, 0.15) is 19.1 Å². The van der Waals surface area contributed by atoms with Crippen LogP contribution in [0.2, 0.25) is 6.32 Å². The number of nitrogens with two attached hydrogens (primary N) is 1. The molecule has 1 atom stereocenters. The van der Waals surface area contributed by atoms with Gasteiger partial charge in [0.25, 0.3) is 0 Å². The maximum atomic E-state index is 12.8. The Bertz CT molecular complexity index is 624. The number of hydrogen-bond acceptors (Lipinski definition) is 5. The van der Waals surface area contributed by atoms with E-state index in [1.807, 2.05) is 7.85 Å². The minimum atomic E-state index is -4.52. The van der Waals surface area contributed by atoms with Crippen molar-refractivity contribution in [2.45, 2.75) is 50.1 Å². The standard InChI is InChI=1S/C16H24BF3N4O2/c17-7-2-1-6-15(21,13(25)26)11-4-9-24(10-5-11)14-22-8-3-12(23-14)16(18,19)20/h3,8,11H,1-2,4-7,9-10,17,21H2,(H,25,26). The molecule has 0 amide bonds. The average Bonchev–Trinajstić information content (AvgIpc) is 2.61. The summed E-state index contributed by atoms with van der Waals surface area (Å²) >= 11 is 0. The number of carbonyl (C=O) groups is 1. The van der Waals surface area contributed by atoms with Gasteiger partial charge in [0.05, 0.1) is 0 Å². The summed E-state index contributed by atoms with van der Waals surface area (Å²) in [6, 6.07) is 0.833. The van der Waals surface area contributed by atoms with Crippen molar-refractivity contribution in [2.24, 2.45) is 11.7 Å². The van der Waals surface area contributed by atoms with Crippen molar-refractivity contribution >= 4 is 19.8 Å². The highest BCUT2D eigenvalue weighted by molar-refractivity contribution is 6.08. The topological polar surface area (TPSA) is 92.3 Å². The second kappa shape index (κ2) is 8.24. The van der Waals surface area contributed by atoms with Gasteiger partial charge in [0.2, 0.25) is 5.95 Å². The molecule has 6 nitrogen and oxygen atoms in total. The van der Waals surface area contributed by atoms with E-state index in [0.29, 0.717) is 32.4 Å². The first kappa shape index (κ1) is 20.5. The van der Waals surface area contributed by atoms with E-state index in [1.165, 1.54) is 0 Å². The molecule has 0 aliphatic carbocycles. The third-order valence-corrected chi connectivity index (χ3v) is 5.03. The predicted octanol–water partition coefficient (Wildman–Crippen LogP) is 1.72. The van der Waals surface area contributed by atoms with Crippen molar-refractivity contribution in [1.82, 2.24) is 9.97 Å². The van der Waals surface area contributed by atoms with E-state index in [2.05, 4.69) is 9.97 Å². The van der Waals surface area contributed by atoms with Crippen LogP contribution in [0.5, 0.6) is 0 Å². The first-order valence-electron chi connectivity index (χ1n) is 8.86. The summed E-state index contributed by atoms with van der Waals surface area (Å²) in [5.41, 5.74) is 3.94. The van der Waals surface area contributed by atoms with Gasteiger partial charge in [-0.05, 0) is 31.2 Å². The van der Waals surface area contributed by atoms with E-state index in [-0.39, 0.29) is 11.9 Å². The number of unbranched alkanes of at least 4 members (excludes halogenated alkanes) is 1. The van der Waals surface area contributed by atoms with Gasteiger partial charge in [-0.2, -0.15) is 13.2 Å². The Morgan fingerprint density at radius 2 is 2.00 bits per heavy atom. The molecule has 0 bridgehead atoms. The number of rotatable bonds is 7. The van der Waals surface area contributed by atoms with E-state index < -0.39 is 23.4 Å². The first-order chi connectivity index (χ1) is 12.2. The maximum absolute atomic E-state index is 12.8. The van der Waals surface area contributed by atoms with Crippen molar-refractivity contribution in [2.75, 3.05) is 18.0 Å². The van der Waals surface area contributed by atoms with Crippen LogP contribution in [0, 0.1) is 5.92 Å². The summed E-state index contributed by atoms with van der Waals surface area (Å²) in [5, 5.41) is 9.60. The zero-order valence-corrected chi connectivity index (χ0v) is 14.8. The molecule has 10 heteroatoms. The molecule has 1 aromatic rings. The third kappa shape index (κ3) is 4.66. The number of aliphatic carboxylic acids is 1. The molecule has 0 spiro atoms. The normalized spacial score (nSPS) is 18.5. The van der Waals surface area contributed by atoms with Gasteiger partial charge in [0.15, 0.2) is 0 Å². The van der Waals surface area contributed by atoms with Gasteiger partial charge in [-0.1, -0.05) is 19.2 Å². The lowest BCUT2D eigenvalue weighted by molar-refractivity contribution is -0.146. The van der Waals surface area contributed by atoms with Gasteiger partial charge in [-0.15, -0.1) is 0 Å². The second-order valence-electron chi connectivity index (χ2n) is 6.80. The van der Waals surface area contributed by atoms with E-state index in [4.69, 9.17) is 5.73 Å². The Hall–Kier alpha value is -1.84. The van der Waals surface area contributed by atoms with Crippen LogP contribution < -0.4 is 10.6 Å². The van der Waals surface area contributed by atoms with Crippen LogP contribution >= 0.6 is 0 Å². The number of halogens is 3. The number of alkyl halides is 3. The average molecular weight is 372 g/mol. The smallest absolute Gasteiger partial charge is 0.433 e. The second-order valence-corrected chi connectivity index (χ2v) is 6.80. The summed E-state index contributed by atoms with van der Waals surface area (Å²) < 4.78 is 38.4. The van der Waals surface area contributed by atoms with Gasteiger partial charge in [-0.3, -0.25) is 4.79 Å². The Labute approximate surface area is 151 Å². The van der Waals surface area contributed by atoms with E-state index in [9.17, 15) is 23.1 Å². The minimum Gasteiger partial charge on any atom is -0.480 e. The van der Waals surface area contributed by atoms with Crippen LogP contribution in [0.3, 0.4) is 0 Å². The lowest BCUT2D eigenvalue weighted by Gasteiger charge is -2.40. The molecule has 26 heavy (non-hydrogen) atoms. The van der Waals surface area contributed by atoms with Gasteiger partial charge < -0.3 is 15.7 Å². The lowest BCUT2D eigenvalue weighted by Crippen LogP contribution is -2.57. The van der Waals surface area contributed by atoms with E-state index >= 15 is 0 Å². The van der Waals surface area contributed by atoms with Crippen molar-refractivity contribution in [1.29, 1.82) is 0 Å². The fourth-order valence-corrected chi connectivity index (χ4v) is 3.41. The summed E-state index contributed by atoms with van der Waals surface area (Å²) in [5.74, 6) is -1.22. The SMILES string of the molecule is BCCCCC(N)(C(=O)O)C1CCN(c2nccc(C(F)(F)F)n2)CC1. The molecule has 0 aromatic carbocycles. The highest BCUT2D eigenvalue weighted by Gasteiger charge is 2.43. The van der Waals surface area contributed by atoms with Gasteiger partial charge in [-0.25, -0.2) is 9.97 Å². The molecule has 1 fully saturated rings. The first-order valence-corrected chi connectivity index (χ1v) is 8.86. The molecule has 2 heterocycles. The summed E-state index contributed by atoms with van der Waals surface area (Å²) in [6.45, 7) is 0.762. The van der Waals surface area contributed by atoms with Gasteiger partial charge >= 0.3 is 12.1 Å². The van der Waals surface area contributed by atoms with E-state index in [1.54, 1.807) is 4.90 Å². The fraction of sp³-hybridized carbons (Fsp3) is 0.688. The Morgan fingerprint density at radius 3 is 2.54 bits per heavy atom. The van der Waals surface area contributed by atoms with Crippen molar-refractivity contribution in [3.63, 3.8) is 0 Å². The minimum absolute atomic E-state index is 0.0159. The van der Waals surface area contributed by atoms with Crippen LogP contribution in [0.4, 0.5) is 19.1 Å². The van der Waals surface area contributed by atoms with E-state index in [0.717, 1.165) is 31.4 Å². The Kier molecular flexibility index (Phi) is 6.49. The summed E-state index contributed by atoms with van der Waals surface area (Å²) in [6.07, 6.45) is 0.571. The predicted molar refractivity (Wildman–Crippen MR) is 93.7 cm³/mol. The van der Waals surface area contributed by atoms with Crippen LogP contribution in [-0.2, 0) is 11.0 Å². The molecule has 144 valence electrons. The number of anilines is 1. The molecule has 2 rings (SSSR count). The number of aromatic nitrogens is 2. The van der Waals surface area contributed by atoms with Crippen LogP contribution in [0.1, 0.15) is 37.8 Å². The number of carboxylic acid groups (broad SMARTS) is 1. The zero-order valence-electron chi connectivity index (χ0n) is 14.8. The number of piperidine rings is 1. The molecule has 1 aliphatic heterocycles.